The molecule has 3 rings (SSSR count). The van der Waals surface area contributed by atoms with E-state index in [1.165, 1.54) is 44.5 Å². The fourth-order valence-corrected chi connectivity index (χ4v) is 3.92. The molecule has 0 N–H and O–H groups in total. The summed E-state index contributed by atoms with van der Waals surface area (Å²) in [6, 6.07) is 11.6. The second-order valence-corrected chi connectivity index (χ2v) is 6.90. The lowest BCUT2D eigenvalue weighted by atomic mass is 10.0. The van der Waals surface area contributed by atoms with Crippen LogP contribution in [0.3, 0.4) is 0 Å². The topological polar surface area (TPSA) is 15.7 Å². The zero-order chi connectivity index (χ0) is 15.2. The quantitative estimate of drug-likeness (QED) is 0.751. The molecule has 1 aromatic rings. The highest BCUT2D eigenvalue weighted by atomic mass is 16.5. The van der Waals surface area contributed by atoms with Gasteiger partial charge in [-0.3, -0.25) is 4.90 Å². The number of morpholine rings is 1. The molecule has 1 aromatic carbocycles. The molecule has 0 aromatic heterocycles. The Morgan fingerprint density at radius 1 is 1.05 bits per heavy atom. The maximum atomic E-state index is 5.49. The monoisotopic (exact) mass is 302 g/mol. The predicted octanol–water partition coefficient (Wildman–Crippen LogP) is 2.66. The van der Waals surface area contributed by atoms with Crippen LogP contribution in [0.25, 0.3) is 0 Å². The fraction of sp³-hybridized carbons (Fsp3) is 0.684. The zero-order valence-electron chi connectivity index (χ0n) is 13.9. The number of hydrogen-bond acceptors (Lipinski definition) is 3. The minimum Gasteiger partial charge on any atom is -0.379 e. The van der Waals surface area contributed by atoms with Gasteiger partial charge in [-0.1, -0.05) is 37.3 Å². The highest BCUT2D eigenvalue weighted by Crippen LogP contribution is 2.23. The summed E-state index contributed by atoms with van der Waals surface area (Å²) in [5.74, 6) is 0.798. The first-order valence-electron chi connectivity index (χ1n) is 8.91. The predicted molar refractivity (Wildman–Crippen MR) is 91.2 cm³/mol. The highest BCUT2D eigenvalue weighted by molar-refractivity contribution is 5.14. The van der Waals surface area contributed by atoms with E-state index in [0.29, 0.717) is 0 Å². The summed E-state index contributed by atoms with van der Waals surface area (Å²) in [4.78, 5) is 5.33. The van der Waals surface area contributed by atoms with Gasteiger partial charge in [-0.05, 0) is 37.3 Å². The Labute approximate surface area is 135 Å². The first kappa shape index (κ1) is 16.0. The Morgan fingerprint density at radius 2 is 1.82 bits per heavy atom. The van der Waals surface area contributed by atoms with Crippen LogP contribution < -0.4 is 0 Å². The lowest BCUT2D eigenvalue weighted by molar-refractivity contribution is 0.0118. The third-order valence-corrected chi connectivity index (χ3v) is 5.20. The number of ether oxygens (including phenoxy) is 1. The molecule has 0 radical (unpaired) electrons. The summed E-state index contributed by atoms with van der Waals surface area (Å²) in [6.45, 7) is 10.3. The van der Waals surface area contributed by atoms with Gasteiger partial charge < -0.3 is 9.64 Å². The number of hydrogen-bond donors (Lipinski definition) is 0. The SMILES string of the molecule is C[C@@H]1CN(CCCCc2ccccc2)C[C@@H]1N1CCOCC1. The van der Waals surface area contributed by atoms with Crippen LogP contribution >= 0.6 is 0 Å². The Kier molecular flexibility index (Phi) is 5.88. The third kappa shape index (κ3) is 4.31. The normalized spacial score (nSPS) is 27.3. The number of likely N-dealkylation sites (tertiary alicyclic amines) is 1. The van der Waals surface area contributed by atoms with Crippen molar-refractivity contribution in [2.24, 2.45) is 5.92 Å². The van der Waals surface area contributed by atoms with Gasteiger partial charge in [-0.2, -0.15) is 0 Å². The number of nitrogens with zero attached hydrogens (tertiary/aromatic N) is 2. The van der Waals surface area contributed by atoms with Gasteiger partial charge in [-0.25, -0.2) is 0 Å². The van der Waals surface area contributed by atoms with Crippen LogP contribution in [0.5, 0.6) is 0 Å². The van der Waals surface area contributed by atoms with E-state index in [-0.39, 0.29) is 0 Å². The molecule has 0 amide bonds. The Bertz CT molecular complexity index is 430. The molecule has 2 heterocycles. The van der Waals surface area contributed by atoms with E-state index in [0.717, 1.165) is 38.3 Å². The van der Waals surface area contributed by atoms with Crippen molar-refractivity contribution < 1.29 is 4.74 Å². The van der Waals surface area contributed by atoms with Gasteiger partial charge in [0.2, 0.25) is 0 Å². The van der Waals surface area contributed by atoms with Crippen molar-refractivity contribution in [2.75, 3.05) is 45.9 Å². The van der Waals surface area contributed by atoms with Crippen LogP contribution in [0.1, 0.15) is 25.3 Å². The van der Waals surface area contributed by atoms with Crippen molar-refractivity contribution in [3.8, 4) is 0 Å². The second-order valence-electron chi connectivity index (χ2n) is 6.90. The maximum Gasteiger partial charge on any atom is 0.0594 e. The summed E-state index contributed by atoms with van der Waals surface area (Å²) in [5.41, 5.74) is 1.48. The average Bonchev–Trinajstić information content (AvgIpc) is 2.94. The van der Waals surface area contributed by atoms with E-state index in [1.54, 1.807) is 0 Å². The molecule has 0 aliphatic carbocycles. The van der Waals surface area contributed by atoms with Crippen LogP contribution in [-0.2, 0) is 11.2 Å². The molecule has 22 heavy (non-hydrogen) atoms. The van der Waals surface area contributed by atoms with Gasteiger partial charge in [0, 0.05) is 32.2 Å². The molecule has 3 nitrogen and oxygen atoms in total. The molecule has 2 fully saturated rings. The molecular weight excluding hydrogens is 272 g/mol. The van der Waals surface area contributed by atoms with Crippen molar-refractivity contribution in [2.45, 2.75) is 32.2 Å². The van der Waals surface area contributed by atoms with Crippen LogP contribution in [0.4, 0.5) is 0 Å². The third-order valence-electron chi connectivity index (χ3n) is 5.20. The lowest BCUT2D eigenvalue weighted by Crippen LogP contribution is -2.46. The van der Waals surface area contributed by atoms with Crippen molar-refractivity contribution in [1.29, 1.82) is 0 Å². The number of rotatable bonds is 6. The lowest BCUT2D eigenvalue weighted by Gasteiger charge is -2.34. The van der Waals surface area contributed by atoms with Gasteiger partial charge in [0.25, 0.3) is 0 Å². The molecule has 0 saturated carbocycles. The molecule has 2 aliphatic rings. The van der Waals surface area contributed by atoms with E-state index in [9.17, 15) is 0 Å². The Balaban J connectivity index is 1.37. The second kappa shape index (κ2) is 8.09. The van der Waals surface area contributed by atoms with Crippen LogP contribution in [0.2, 0.25) is 0 Å². The molecule has 0 unspecified atom stereocenters. The molecule has 122 valence electrons. The summed E-state index contributed by atoms with van der Waals surface area (Å²) < 4.78 is 5.49. The Hall–Kier alpha value is -0.900. The summed E-state index contributed by atoms with van der Waals surface area (Å²) in [6.07, 6.45) is 3.84. The van der Waals surface area contributed by atoms with Crippen LogP contribution in [0, 0.1) is 5.92 Å². The Morgan fingerprint density at radius 3 is 2.59 bits per heavy atom. The smallest absolute Gasteiger partial charge is 0.0594 e. The fourth-order valence-electron chi connectivity index (χ4n) is 3.92. The first-order valence-corrected chi connectivity index (χ1v) is 8.91. The number of aryl methyl sites for hydroxylation is 1. The van der Waals surface area contributed by atoms with E-state index in [4.69, 9.17) is 4.74 Å². The average molecular weight is 302 g/mol. The zero-order valence-corrected chi connectivity index (χ0v) is 13.9. The van der Waals surface area contributed by atoms with Crippen molar-refractivity contribution in [1.82, 2.24) is 9.80 Å². The standard InChI is InChI=1S/C19H30N2O/c1-17-15-20(16-19(17)21-11-13-22-14-12-21)10-6-5-9-18-7-3-2-4-8-18/h2-4,7-8,17,19H,5-6,9-16H2,1H3/t17-,19+/m1/s1. The minimum absolute atomic E-state index is 0.748. The number of unbranched alkanes of at least 4 members (excludes halogenated alkanes) is 1. The maximum absolute atomic E-state index is 5.49. The molecule has 0 bridgehead atoms. The molecular formula is C19H30N2O. The molecule has 0 spiro atoms. The van der Waals surface area contributed by atoms with E-state index in [1.807, 2.05) is 0 Å². The van der Waals surface area contributed by atoms with Gasteiger partial charge in [0.05, 0.1) is 13.2 Å². The van der Waals surface area contributed by atoms with E-state index >= 15 is 0 Å². The summed E-state index contributed by atoms with van der Waals surface area (Å²) >= 11 is 0. The van der Waals surface area contributed by atoms with Crippen LogP contribution in [-0.4, -0.2) is 61.8 Å². The molecule has 3 heteroatoms. The highest BCUT2D eigenvalue weighted by Gasteiger charge is 2.33. The van der Waals surface area contributed by atoms with Crippen molar-refractivity contribution in [3.05, 3.63) is 35.9 Å². The first-order chi connectivity index (χ1) is 10.8. The van der Waals surface area contributed by atoms with Gasteiger partial charge >= 0.3 is 0 Å². The van der Waals surface area contributed by atoms with Crippen molar-refractivity contribution in [3.63, 3.8) is 0 Å². The summed E-state index contributed by atoms with van der Waals surface area (Å²) in [7, 11) is 0. The molecule has 2 aliphatic heterocycles. The molecule has 2 atom stereocenters. The van der Waals surface area contributed by atoms with Gasteiger partial charge in [-0.15, -0.1) is 0 Å². The number of benzene rings is 1. The molecule has 2 saturated heterocycles. The van der Waals surface area contributed by atoms with E-state index < -0.39 is 0 Å². The van der Waals surface area contributed by atoms with Gasteiger partial charge in [0.15, 0.2) is 0 Å². The van der Waals surface area contributed by atoms with Crippen molar-refractivity contribution >= 4 is 0 Å². The van der Waals surface area contributed by atoms with Crippen LogP contribution in [0.15, 0.2) is 30.3 Å². The minimum atomic E-state index is 0.748. The van der Waals surface area contributed by atoms with Gasteiger partial charge in [0.1, 0.15) is 0 Å². The largest absolute Gasteiger partial charge is 0.379 e. The summed E-state index contributed by atoms with van der Waals surface area (Å²) in [5, 5.41) is 0. The van der Waals surface area contributed by atoms with E-state index in [2.05, 4.69) is 47.1 Å².